The third-order valence-electron chi connectivity index (χ3n) is 3.63. The fourth-order valence-corrected chi connectivity index (χ4v) is 2.37. The molecule has 2 heterocycles. The molecule has 1 aromatic carbocycles. The van der Waals surface area contributed by atoms with Crippen molar-refractivity contribution >= 4 is 41.8 Å². The van der Waals surface area contributed by atoms with E-state index in [4.69, 9.17) is 5.73 Å². The molecule has 0 saturated carbocycles. The quantitative estimate of drug-likeness (QED) is 0.632. The van der Waals surface area contributed by atoms with Gasteiger partial charge in [-0.15, -0.1) is 24.8 Å². The molecule has 0 radical (unpaired) electrons. The molecule has 0 bridgehead atoms. The first-order chi connectivity index (χ1) is 11.1. The van der Waals surface area contributed by atoms with E-state index in [0.29, 0.717) is 13.0 Å². The maximum Gasteiger partial charge on any atom is 0.237 e. The molecule has 3 aromatic rings. The van der Waals surface area contributed by atoms with Crippen molar-refractivity contribution in [3.05, 3.63) is 65.7 Å². The smallest absolute Gasteiger partial charge is 0.237 e. The van der Waals surface area contributed by atoms with Gasteiger partial charge in [0.15, 0.2) is 0 Å². The highest BCUT2D eigenvalue weighted by atomic mass is 35.5. The van der Waals surface area contributed by atoms with Gasteiger partial charge in [-0.05, 0) is 41.8 Å². The number of H-pyrrole nitrogens is 1. The largest absolute Gasteiger partial charge is 0.351 e. The normalized spacial score (nSPS) is 11.3. The zero-order valence-corrected chi connectivity index (χ0v) is 14.9. The molecule has 0 spiro atoms. The lowest BCUT2D eigenvalue weighted by atomic mass is 10.1. The van der Waals surface area contributed by atoms with E-state index in [0.717, 1.165) is 22.2 Å². The summed E-state index contributed by atoms with van der Waals surface area (Å²) < 4.78 is 12.9. The lowest BCUT2D eigenvalue weighted by Crippen LogP contribution is -2.41. The molecule has 25 heavy (non-hydrogen) atoms. The molecule has 1 atom stereocenters. The standard InChI is InChI=1S/C17H17FN4O.2ClH/c18-14-3-1-11(2-4-14)8-15(19)17(23)22-10-12-7-13-5-6-20-16(13)21-9-12;;/h1-7,9,15H,8,10,19H2,(H,20,21)(H,22,23);2*1H/t15-;;/m0../s1. The molecule has 0 aliphatic rings. The SMILES string of the molecule is Cl.Cl.N[C@@H](Cc1ccc(F)cc1)C(=O)NCc1cnc2[nH]ccc2c1. The Morgan fingerprint density at radius 2 is 1.92 bits per heavy atom. The van der Waals surface area contributed by atoms with Gasteiger partial charge in [-0.1, -0.05) is 12.1 Å². The number of hydrogen-bond donors (Lipinski definition) is 3. The van der Waals surface area contributed by atoms with Crippen LogP contribution < -0.4 is 11.1 Å². The van der Waals surface area contributed by atoms with Crippen LogP contribution in [0.1, 0.15) is 11.1 Å². The first-order valence-corrected chi connectivity index (χ1v) is 7.31. The van der Waals surface area contributed by atoms with Gasteiger partial charge in [-0.3, -0.25) is 4.79 Å². The number of aromatic amines is 1. The number of hydrogen-bond acceptors (Lipinski definition) is 3. The number of aromatic nitrogens is 2. The maximum absolute atomic E-state index is 12.9. The number of nitrogens with zero attached hydrogens (tertiary/aromatic N) is 1. The molecule has 0 unspecified atom stereocenters. The van der Waals surface area contributed by atoms with Gasteiger partial charge in [0.2, 0.25) is 5.91 Å². The number of fused-ring (bicyclic) bond motifs is 1. The molecular weight excluding hydrogens is 366 g/mol. The lowest BCUT2D eigenvalue weighted by molar-refractivity contribution is -0.122. The highest BCUT2D eigenvalue weighted by Gasteiger charge is 2.14. The predicted molar refractivity (Wildman–Crippen MR) is 101 cm³/mol. The minimum atomic E-state index is -0.676. The van der Waals surface area contributed by atoms with E-state index in [9.17, 15) is 9.18 Å². The van der Waals surface area contributed by atoms with Crippen LogP contribution in [0.3, 0.4) is 0 Å². The fourth-order valence-electron chi connectivity index (χ4n) is 2.37. The van der Waals surface area contributed by atoms with Crippen LogP contribution in [0.4, 0.5) is 4.39 Å². The van der Waals surface area contributed by atoms with Crippen molar-refractivity contribution in [1.82, 2.24) is 15.3 Å². The Hall–Kier alpha value is -2.15. The molecule has 8 heteroatoms. The summed E-state index contributed by atoms with van der Waals surface area (Å²) in [5.41, 5.74) is 8.44. The molecule has 5 nitrogen and oxygen atoms in total. The number of halogens is 3. The van der Waals surface area contributed by atoms with Crippen LogP contribution in [0.2, 0.25) is 0 Å². The Morgan fingerprint density at radius 3 is 2.64 bits per heavy atom. The number of rotatable bonds is 5. The second-order valence-electron chi connectivity index (χ2n) is 5.41. The Labute approximate surface area is 157 Å². The Kier molecular flexibility index (Phi) is 7.83. The zero-order valence-electron chi connectivity index (χ0n) is 13.2. The van der Waals surface area contributed by atoms with E-state index in [1.807, 2.05) is 18.3 Å². The van der Waals surface area contributed by atoms with Crippen LogP contribution in [-0.4, -0.2) is 21.9 Å². The molecule has 1 amide bonds. The van der Waals surface area contributed by atoms with Crippen molar-refractivity contribution in [2.45, 2.75) is 19.0 Å². The van der Waals surface area contributed by atoms with Crippen LogP contribution in [0.5, 0.6) is 0 Å². The number of carbonyl (C=O) groups excluding carboxylic acids is 1. The van der Waals surface area contributed by atoms with Crippen LogP contribution in [0.25, 0.3) is 11.0 Å². The third-order valence-corrected chi connectivity index (χ3v) is 3.63. The van der Waals surface area contributed by atoms with Crippen LogP contribution in [-0.2, 0) is 17.8 Å². The highest BCUT2D eigenvalue weighted by Crippen LogP contribution is 2.11. The first-order valence-electron chi connectivity index (χ1n) is 7.31. The van der Waals surface area contributed by atoms with E-state index in [2.05, 4.69) is 15.3 Å². The summed E-state index contributed by atoms with van der Waals surface area (Å²) in [6.45, 7) is 0.365. The van der Waals surface area contributed by atoms with Gasteiger partial charge in [0, 0.05) is 24.3 Å². The van der Waals surface area contributed by atoms with Crippen LogP contribution in [0.15, 0.2) is 48.8 Å². The number of pyridine rings is 1. The average Bonchev–Trinajstić information content (AvgIpc) is 3.02. The summed E-state index contributed by atoms with van der Waals surface area (Å²) in [6.07, 6.45) is 3.89. The summed E-state index contributed by atoms with van der Waals surface area (Å²) in [5.74, 6) is -0.553. The van der Waals surface area contributed by atoms with Gasteiger partial charge < -0.3 is 16.0 Å². The maximum atomic E-state index is 12.9. The summed E-state index contributed by atoms with van der Waals surface area (Å²) in [7, 11) is 0. The molecular formula is C17H19Cl2FN4O. The first kappa shape index (κ1) is 20.9. The molecule has 0 aliphatic heterocycles. The van der Waals surface area contributed by atoms with Crippen LogP contribution >= 0.6 is 24.8 Å². The molecule has 134 valence electrons. The second-order valence-corrected chi connectivity index (χ2v) is 5.41. The second kappa shape index (κ2) is 9.36. The van der Waals surface area contributed by atoms with Gasteiger partial charge >= 0.3 is 0 Å². The van der Waals surface area contributed by atoms with Gasteiger partial charge in [0.1, 0.15) is 11.5 Å². The Morgan fingerprint density at radius 1 is 1.20 bits per heavy atom. The molecule has 2 aromatic heterocycles. The summed E-state index contributed by atoms with van der Waals surface area (Å²) in [5, 5.41) is 3.79. The fraction of sp³-hybridized carbons (Fsp3) is 0.176. The van der Waals surface area contributed by atoms with Crippen molar-refractivity contribution < 1.29 is 9.18 Å². The van der Waals surface area contributed by atoms with Gasteiger partial charge in [-0.2, -0.15) is 0 Å². The van der Waals surface area contributed by atoms with Crippen molar-refractivity contribution in [2.75, 3.05) is 0 Å². The average molecular weight is 385 g/mol. The van der Waals surface area contributed by atoms with E-state index >= 15 is 0 Å². The van der Waals surface area contributed by atoms with Crippen molar-refractivity contribution in [3.8, 4) is 0 Å². The minimum Gasteiger partial charge on any atom is -0.351 e. The third kappa shape index (κ3) is 5.42. The molecule has 3 rings (SSSR count). The monoisotopic (exact) mass is 384 g/mol. The number of carbonyl (C=O) groups is 1. The van der Waals surface area contributed by atoms with E-state index in [1.54, 1.807) is 18.3 Å². The molecule has 4 N–H and O–H groups in total. The number of nitrogens with two attached hydrogens (primary N) is 1. The molecule has 0 fully saturated rings. The number of nitrogens with one attached hydrogen (secondary N) is 2. The number of amides is 1. The Balaban J connectivity index is 0.00000156. The van der Waals surface area contributed by atoms with Crippen molar-refractivity contribution in [1.29, 1.82) is 0 Å². The van der Waals surface area contributed by atoms with Crippen LogP contribution in [0, 0.1) is 5.82 Å². The zero-order chi connectivity index (χ0) is 16.2. The van der Waals surface area contributed by atoms with Gasteiger partial charge in [0.25, 0.3) is 0 Å². The van der Waals surface area contributed by atoms with Gasteiger partial charge in [0.05, 0.1) is 6.04 Å². The minimum absolute atomic E-state index is 0. The predicted octanol–water partition coefficient (Wildman–Crippen LogP) is 2.73. The van der Waals surface area contributed by atoms with E-state index in [-0.39, 0.29) is 36.5 Å². The lowest BCUT2D eigenvalue weighted by Gasteiger charge is -2.12. The Bertz CT molecular complexity index is 823. The number of benzene rings is 1. The highest BCUT2D eigenvalue weighted by molar-refractivity contribution is 5.85. The van der Waals surface area contributed by atoms with Crippen molar-refractivity contribution in [2.24, 2.45) is 5.73 Å². The van der Waals surface area contributed by atoms with E-state index in [1.165, 1.54) is 12.1 Å². The summed E-state index contributed by atoms with van der Waals surface area (Å²) in [4.78, 5) is 19.3. The van der Waals surface area contributed by atoms with E-state index < -0.39 is 6.04 Å². The van der Waals surface area contributed by atoms with Crippen molar-refractivity contribution in [3.63, 3.8) is 0 Å². The summed E-state index contributed by atoms with van der Waals surface area (Å²) >= 11 is 0. The summed E-state index contributed by atoms with van der Waals surface area (Å²) in [6, 6.07) is 9.19. The van der Waals surface area contributed by atoms with Gasteiger partial charge in [-0.25, -0.2) is 9.37 Å². The molecule has 0 aliphatic carbocycles. The topological polar surface area (TPSA) is 83.8 Å². The molecule has 0 saturated heterocycles.